The molecule has 3 atom stereocenters. The first-order chi connectivity index (χ1) is 12.0. The van der Waals surface area contributed by atoms with Crippen molar-refractivity contribution in [1.29, 1.82) is 0 Å². The number of benzene rings is 1. The SMILES string of the molecule is COC(=O)C1CCN(C(=O)NC(c2ccc(F)cc2)C2CC2)CC1C. The molecule has 3 unspecified atom stereocenters. The second-order valence-corrected chi connectivity index (χ2v) is 7.16. The predicted octanol–water partition coefficient (Wildman–Crippen LogP) is 3.12. The van der Waals surface area contributed by atoms with Crippen LogP contribution in [0.2, 0.25) is 0 Å². The predicted molar refractivity (Wildman–Crippen MR) is 91.3 cm³/mol. The fourth-order valence-corrected chi connectivity index (χ4v) is 3.63. The molecule has 2 amide bonds. The molecule has 2 aliphatic rings. The van der Waals surface area contributed by atoms with E-state index >= 15 is 0 Å². The van der Waals surface area contributed by atoms with Crippen LogP contribution < -0.4 is 5.32 Å². The first-order valence-corrected chi connectivity index (χ1v) is 8.88. The summed E-state index contributed by atoms with van der Waals surface area (Å²) >= 11 is 0. The Hall–Kier alpha value is -2.11. The fourth-order valence-electron chi connectivity index (χ4n) is 3.63. The third kappa shape index (κ3) is 4.11. The maximum absolute atomic E-state index is 13.2. The van der Waals surface area contributed by atoms with Crippen LogP contribution in [0, 0.1) is 23.6 Å². The number of amides is 2. The number of likely N-dealkylation sites (tertiary alicyclic amines) is 1. The Kier molecular flexibility index (Phi) is 5.25. The maximum Gasteiger partial charge on any atom is 0.317 e. The van der Waals surface area contributed by atoms with E-state index in [0.717, 1.165) is 18.4 Å². The quantitative estimate of drug-likeness (QED) is 0.851. The molecule has 0 spiro atoms. The maximum atomic E-state index is 13.2. The normalized spacial score (nSPS) is 24.5. The number of hydrogen-bond donors (Lipinski definition) is 1. The summed E-state index contributed by atoms with van der Waals surface area (Å²) in [6.45, 7) is 3.04. The van der Waals surface area contributed by atoms with Gasteiger partial charge >= 0.3 is 12.0 Å². The van der Waals surface area contributed by atoms with E-state index in [-0.39, 0.29) is 35.7 Å². The molecule has 6 heteroatoms. The Bertz CT molecular complexity index is 630. The molecule has 25 heavy (non-hydrogen) atoms. The molecule has 1 aromatic rings. The molecule has 5 nitrogen and oxygen atoms in total. The van der Waals surface area contributed by atoms with Crippen molar-refractivity contribution in [3.63, 3.8) is 0 Å². The van der Waals surface area contributed by atoms with Crippen LogP contribution in [0.4, 0.5) is 9.18 Å². The average Bonchev–Trinajstić information content (AvgIpc) is 3.44. The Morgan fingerprint density at radius 3 is 2.48 bits per heavy atom. The number of ether oxygens (including phenoxy) is 1. The highest BCUT2D eigenvalue weighted by Gasteiger charge is 2.37. The molecular weight excluding hydrogens is 323 g/mol. The first-order valence-electron chi connectivity index (χ1n) is 8.88. The van der Waals surface area contributed by atoms with E-state index in [2.05, 4.69) is 5.32 Å². The van der Waals surface area contributed by atoms with Crippen LogP contribution in [-0.2, 0) is 9.53 Å². The summed E-state index contributed by atoms with van der Waals surface area (Å²) < 4.78 is 18.0. The minimum Gasteiger partial charge on any atom is -0.469 e. The van der Waals surface area contributed by atoms with Crippen LogP contribution in [-0.4, -0.2) is 37.1 Å². The van der Waals surface area contributed by atoms with Gasteiger partial charge in [-0.2, -0.15) is 0 Å². The largest absolute Gasteiger partial charge is 0.469 e. The number of piperidine rings is 1. The molecule has 0 bridgehead atoms. The van der Waals surface area contributed by atoms with Gasteiger partial charge in [-0.25, -0.2) is 9.18 Å². The topological polar surface area (TPSA) is 58.6 Å². The van der Waals surface area contributed by atoms with Gasteiger partial charge in [-0.15, -0.1) is 0 Å². The summed E-state index contributed by atoms with van der Waals surface area (Å²) in [5.74, 6) is -0.139. The van der Waals surface area contributed by atoms with Gasteiger partial charge in [0.2, 0.25) is 0 Å². The summed E-state index contributed by atoms with van der Waals surface area (Å²) in [6.07, 6.45) is 2.76. The van der Waals surface area contributed by atoms with Crippen molar-refractivity contribution in [2.75, 3.05) is 20.2 Å². The summed E-state index contributed by atoms with van der Waals surface area (Å²) in [5, 5.41) is 3.11. The fraction of sp³-hybridized carbons (Fsp3) is 0.579. The van der Waals surface area contributed by atoms with E-state index in [1.807, 2.05) is 6.92 Å². The van der Waals surface area contributed by atoms with Gasteiger partial charge in [0.25, 0.3) is 0 Å². The zero-order valence-corrected chi connectivity index (χ0v) is 14.7. The van der Waals surface area contributed by atoms with Crippen LogP contribution in [0.5, 0.6) is 0 Å². The summed E-state index contributed by atoms with van der Waals surface area (Å²) in [6, 6.07) is 6.15. The third-order valence-corrected chi connectivity index (χ3v) is 5.30. The number of halogens is 1. The molecular formula is C19H25FN2O3. The molecule has 1 saturated carbocycles. The van der Waals surface area contributed by atoms with E-state index < -0.39 is 0 Å². The van der Waals surface area contributed by atoms with Crippen LogP contribution in [0.25, 0.3) is 0 Å². The molecule has 1 aromatic carbocycles. The zero-order chi connectivity index (χ0) is 18.0. The molecule has 3 rings (SSSR count). The first kappa shape index (κ1) is 17.7. The van der Waals surface area contributed by atoms with Crippen molar-refractivity contribution in [1.82, 2.24) is 10.2 Å². The van der Waals surface area contributed by atoms with Crippen LogP contribution in [0.1, 0.15) is 37.8 Å². The zero-order valence-electron chi connectivity index (χ0n) is 14.7. The number of carbonyl (C=O) groups excluding carboxylic acids is 2. The number of esters is 1. The lowest BCUT2D eigenvalue weighted by molar-refractivity contribution is -0.148. The van der Waals surface area contributed by atoms with Crippen molar-refractivity contribution in [2.24, 2.45) is 17.8 Å². The Morgan fingerprint density at radius 2 is 1.92 bits per heavy atom. The third-order valence-electron chi connectivity index (χ3n) is 5.30. The Labute approximate surface area is 147 Å². The van der Waals surface area contributed by atoms with Gasteiger partial charge < -0.3 is 15.0 Å². The number of nitrogens with one attached hydrogen (secondary N) is 1. The Morgan fingerprint density at radius 1 is 1.24 bits per heavy atom. The highest BCUT2D eigenvalue weighted by Crippen LogP contribution is 2.41. The lowest BCUT2D eigenvalue weighted by Crippen LogP contribution is -2.49. The highest BCUT2D eigenvalue weighted by atomic mass is 19.1. The second kappa shape index (κ2) is 7.42. The summed E-state index contributed by atoms with van der Waals surface area (Å²) in [5.41, 5.74) is 0.940. The van der Waals surface area contributed by atoms with Crippen molar-refractivity contribution in [2.45, 2.75) is 32.2 Å². The van der Waals surface area contributed by atoms with Gasteiger partial charge in [-0.3, -0.25) is 4.79 Å². The van der Waals surface area contributed by atoms with Crippen molar-refractivity contribution >= 4 is 12.0 Å². The minimum atomic E-state index is -0.275. The van der Waals surface area contributed by atoms with E-state index in [0.29, 0.717) is 25.4 Å². The number of nitrogens with zero attached hydrogens (tertiary/aromatic N) is 1. The van der Waals surface area contributed by atoms with Gasteiger partial charge in [-0.05, 0) is 48.8 Å². The van der Waals surface area contributed by atoms with Crippen LogP contribution in [0.3, 0.4) is 0 Å². The molecule has 0 radical (unpaired) electrons. The average molecular weight is 348 g/mol. The van der Waals surface area contributed by atoms with E-state index in [4.69, 9.17) is 4.74 Å². The number of carbonyl (C=O) groups is 2. The van der Waals surface area contributed by atoms with E-state index in [9.17, 15) is 14.0 Å². The van der Waals surface area contributed by atoms with Gasteiger partial charge in [0.15, 0.2) is 0 Å². The Balaban J connectivity index is 1.63. The number of methoxy groups -OCH3 is 1. The monoisotopic (exact) mass is 348 g/mol. The molecule has 1 aliphatic heterocycles. The molecule has 2 fully saturated rings. The number of urea groups is 1. The molecule has 1 heterocycles. The smallest absolute Gasteiger partial charge is 0.317 e. The number of rotatable bonds is 4. The molecule has 136 valence electrons. The van der Waals surface area contributed by atoms with E-state index in [1.54, 1.807) is 17.0 Å². The van der Waals surface area contributed by atoms with Crippen molar-refractivity contribution in [3.05, 3.63) is 35.6 Å². The van der Waals surface area contributed by atoms with Crippen molar-refractivity contribution < 1.29 is 18.7 Å². The van der Waals surface area contributed by atoms with Gasteiger partial charge in [0.1, 0.15) is 5.82 Å². The second-order valence-electron chi connectivity index (χ2n) is 7.16. The molecule has 1 saturated heterocycles. The van der Waals surface area contributed by atoms with Crippen molar-refractivity contribution in [3.8, 4) is 0 Å². The number of hydrogen-bond acceptors (Lipinski definition) is 3. The van der Waals surface area contributed by atoms with E-state index in [1.165, 1.54) is 19.2 Å². The highest BCUT2D eigenvalue weighted by molar-refractivity contribution is 5.76. The van der Waals surface area contributed by atoms with Gasteiger partial charge in [0, 0.05) is 13.1 Å². The van der Waals surface area contributed by atoms with Crippen LogP contribution >= 0.6 is 0 Å². The molecule has 1 aliphatic carbocycles. The van der Waals surface area contributed by atoms with Gasteiger partial charge in [-0.1, -0.05) is 19.1 Å². The standard InChI is InChI=1S/C19H25FN2O3/c1-12-11-22(10-9-16(12)18(23)25-2)19(24)21-17(13-3-4-13)14-5-7-15(20)8-6-14/h5-8,12-13,16-17H,3-4,9-11H2,1-2H3,(H,21,24). The minimum absolute atomic E-state index is 0.0668. The summed E-state index contributed by atoms with van der Waals surface area (Å²) in [7, 11) is 1.40. The lowest BCUT2D eigenvalue weighted by Gasteiger charge is -2.36. The van der Waals surface area contributed by atoms with Gasteiger partial charge in [0.05, 0.1) is 19.1 Å². The molecule has 1 N–H and O–H groups in total. The lowest BCUT2D eigenvalue weighted by atomic mass is 9.87. The summed E-state index contributed by atoms with van der Waals surface area (Å²) in [4.78, 5) is 26.2. The molecule has 0 aromatic heterocycles. The van der Waals surface area contributed by atoms with Crippen LogP contribution in [0.15, 0.2) is 24.3 Å².